The zero-order chi connectivity index (χ0) is 13.1. The normalized spacial score (nSPS) is 16.4. The number of nitrogens with one attached hydrogen (secondary N) is 1. The molecule has 0 aromatic heterocycles. The first-order chi connectivity index (χ1) is 8.60. The third-order valence-corrected chi connectivity index (χ3v) is 4.04. The molecule has 1 unspecified atom stereocenters. The highest BCUT2D eigenvalue weighted by atomic mass is 79.9. The maximum Gasteiger partial charge on any atom is 0.148 e. The molecular weight excluding hydrogens is 358 g/mol. The molecule has 1 aromatic rings. The second-order valence-corrected chi connectivity index (χ2v) is 6.31. The van der Waals surface area contributed by atoms with Gasteiger partial charge in [0, 0.05) is 12.6 Å². The van der Waals surface area contributed by atoms with E-state index in [1.54, 1.807) is 6.08 Å². The maximum absolute atomic E-state index is 5.79. The smallest absolute Gasteiger partial charge is 0.148 e. The van der Waals surface area contributed by atoms with Gasteiger partial charge in [-0.2, -0.15) is 0 Å². The minimum Gasteiger partial charge on any atom is -0.484 e. The Bertz CT molecular complexity index is 420. The number of halogens is 2. The van der Waals surface area contributed by atoms with Gasteiger partial charge in [-0.25, -0.2) is 0 Å². The van der Waals surface area contributed by atoms with Crippen LogP contribution in [0.1, 0.15) is 25.3 Å². The molecule has 1 aliphatic rings. The monoisotopic (exact) mass is 373 g/mol. The maximum atomic E-state index is 5.79. The second kappa shape index (κ2) is 6.22. The Morgan fingerprint density at radius 1 is 1.44 bits per heavy atom. The Labute approximate surface area is 125 Å². The third kappa shape index (κ3) is 3.84. The quantitative estimate of drug-likeness (QED) is 0.744. The van der Waals surface area contributed by atoms with Crippen LogP contribution in [0.5, 0.6) is 5.75 Å². The number of hydrogen-bond acceptors (Lipinski definition) is 2. The molecular formula is C14H17Br2NO. The highest BCUT2D eigenvalue weighted by molar-refractivity contribution is 9.11. The first kappa shape index (κ1) is 14.1. The topological polar surface area (TPSA) is 21.3 Å². The fourth-order valence-corrected chi connectivity index (χ4v) is 3.08. The zero-order valence-corrected chi connectivity index (χ0v) is 13.6. The summed E-state index contributed by atoms with van der Waals surface area (Å²) in [5.41, 5.74) is 1.25. The van der Waals surface area contributed by atoms with E-state index >= 15 is 0 Å². The molecule has 1 aliphatic carbocycles. The van der Waals surface area contributed by atoms with Gasteiger partial charge in [0.05, 0.1) is 8.95 Å². The van der Waals surface area contributed by atoms with Gasteiger partial charge in [0.2, 0.25) is 0 Å². The van der Waals surface area contributed by atoms with Gasteiger partial charge in [-0.1, -0.05) is 12.7 Å². The first-order valence-electron chi connectivity index (χ1n) is 6.10. The van der Waals surface area contributed by atoms with Gasteiger partial charge in [0.1, 0.15) is 11.9 Å². The summed E-state index contributed by atoms with van der Waals surface area (Å²) < 4.78 is 7.73. The molecule has 0 radical (unpaired) electrons. The van der Waals surface area contributed by atoms with Crippen LogP contribution in [-0.4, -0.2) is 12.1 Å². The Morgan fingerprint density at radius 2 is 2.06 bits per heavy atom. The van der Waals surface area contributed by atoms with Crippen molar-refractivity contribution in [2.45, 2.75) is 38.5 Å². The summed E-state index contributed by atoms with van der Waals surface area (Å²) in [4.78, 5) is 0. The van der Waals surface area contributed by atoms with Gasteiger partial charge in [-0.05, 0) is 69.3 Å². The SMILES string of the molecule is C=CC(C)Oc1c(Br)cc(CNC2CC2)cc1Br. The van der Waals surface area contributed by atoms with E-state index in [0.29, 0.717) is 0 Å². The molecule has 18 heavy (non-hydrogen) atoms. The molecule has 1 fully saturated rings. The summed E-state index contributed by atoms with van der Waals surface area (Å²) in [6.07, 6.45) is 4.38. The molecule has 1 atom stereocenters. The van der Waals surface area contributed by atoms with E-state index < -0.39 is 0 Å². The summed E-state index contributed by atoms with van der Waals surface area (Å²) in [6.45, 7) is 6.59. The molecule has 1 saturated carbocycles. The largest absolute Gasteiger partial charge is 0.484 e. The molecule has 98 valence electrons. The van der Waals surface area contributed by atoms with E-state index in [1.807, 2.05) is 6.92 Å². The number of ether oxygens (including phenoxy) is 1. The number of rotatable bonds is 6. The van der Waals surface area contributed by atoms with Gasteiger partial charge in [-0.15, -0.1) is 0 Å². The molecule has 1 N–H and O–H groups in total. The van der Waals surface area contributed by atoms with Gasteiger partial charge >= 0.3 is 0 Å². The van der Waals surface area contributed by atoms with Crippen molar-refractivity contribution in [3.63, 3.8) is 0 Å². The van der Waals surface area contributed by atoms with Gasteiger partial charge in [0.15, 0.2) is 0 Å². The highest BCUT2D eigenvalue weighted by Gasteiger charge is 2.20. The molecule has 0 spiro atoms. The van der Waals surface area contributed by atoms with E-state index in [1.165, 1.54) is 18.4 Å². The molecule has 4 heteroatoms. The molecule has 0 bridgehead atoms. The summed E-state index contributed by atoms with van der Waals surface area (Å²) in [7, 11) is 0. The van der Waals surface area contributed by atoms with Crippen molar-refractivity contribution in [3.05, 3.63) is 39.3 Å². The zero-order valence-electron chi connectivity index (χ0n) is 10.4. The van der Waals surface area contributed by atoms with Crippen LogP contribution in [0.4, 0.5) is 0 Å². The molecule has 0 amide bonds. The lowest BCUT2D eigenvalue weighted by atomic mass is 10.2. The predicted octanol–water partition coefficient (Wildman–Crippen LogP) is 4.42. The molecule has 0 heterocycles. The van der Waals surface area contributed by atoms with E-state index in [9.17, 15) is 0 Å². The fraction of sp³-hybridized carbons (Fsp3) is 0.429. The third-order valence-electron chi connectivity index (χ3n) is 2.87. The molecule has 0 saturated heterocycles. The van der Waals surface area contributed by atoms with Gasteiger partial charge in [0.25, 0.3) is 0 Å². The van der Waals surface area contributed by atoms with Crippen molar-refractivity contribution >= 4 is 31.9 Å². The van der Waals surface area contributed by atoms with Crippen LogP contribution in [-0.2, 0) is 6.54 Å². The Kier molecular flexibility index (Phi) is 4.87. The van der Waals surface area contributed by atoms with Crippen LogP contribution in [0, 0.1) is 0 Å². The Morgan fingerprint density at radius 3 is 2.56 bits per heavy atom. The van der Waals surface area contributed by atoms with E-state index in [0.717, 1.165) is 27.3 Å². The minimum absolute atomic E-state index is 0.00645. The van der Waals surface area contributed by atoms with Crippen LogP contribution < -0.4 is 10.1 Å². The van der Waals surface area contributed by atoms with Crippen LogP contribution in [0.2, 0.25) is 0 Å². The van der Waals surface area contributed by atoms with Crippen LogP contribution in [0.3, 0.4) is 0 Å². The fourth-order valence-electron chi connectivity index (χ4n) is 1.61. The van der Waals surface area contributed by atoms with Gasteiger partial charge in [-0.3, -0.25) is 0 Å². The van der Waals surface area contributed by atoms with Crippen molar-refractivity contribution in [1.82, 2.24) is 5.32 Å². The van der Waals surface area contributed by atoms with Crippen molar-refractivity contribution in [1.29, 1.82) is 0 Å². The van der Waals surface area contributed by atoms with Crippen LogP contribution in [0.15, 0.2) is 33.7 Å². The second-order valence-electron chi connectivity index (χ2n) is 4.60. The van der Waals surface area contributed by atoms with Crippen molar-refractivity contribution in [2.75, 3.05) is 0 Å². The standard InChI is InChI=1S/C14H17Br2NO/c1-3-9(2)18-14-12(15)6-10(7-13(14)16)8-17-11-4-5-11/h3,6-7,9,11,17H,1,4-5,8H2,2H3. The van der Waals surface area contributed by atoms with E-state index in [4.69, 9.17) is 4.74 Å². The predicted molar refractivity (Wildman–Crippen MR) is 82.0 cm³/mol. The first-order valence-corrected chi connectivity index (χ1v) is 7.69. The molecule has 1 aromatic carbocycles. The number of hydrogen-bond donors (Lipinski definition) is 1. The van der Waals surface area contributed by atoms with Gasteiger partial charge < -0.3 is 10.1 Å². The van der Waals surface area contributed by atoms with Crippen molar-refractivity contribution in [3.8, 4) is 5.75 Å². The van der Waals surface area contributed by atoms with Crippen molar-refractivity contribution < 1.29 is 4.74 Å². The lowest BCUT2D eigenvalue weighted by Crippen LogP contribution is -2.15. The lowest BCUT2D eigenvalue weighted by Gasteiger charge is -2.15. The summed E-state index contributed by atoms with van der Waals surface area (Å²) >= 11 is 7.12. The van der Waals surface area contributed by atoms with Crippen LogP contribution in [0.25, 0.3) is 0 Å². The molecule has 2 nitrogen and oxygen atoms in total. The Hall–Kier alpha value is -0.320. The summed E-state index contributed by atoms with van der Waals surface area (Å²) in [5, 5.41) is 3.50. The highest BCUT2D eigenvalue weighted by Crippen LogP contribution is 2.35. The van der Waals surface area contributed by atoms with Crippen LogP contribution >= 0.6 is 31.9 Å². The van der Waals surface area contributed by atoms with Crippen molar-refractivity contribution in [2.24, 2.45) is 0 Å². The average molecular weight is 375 g/mol. The summed E-state index contributed by atoms with van der Waals surface area (Å²) in [6, 6.07) is 4.93. The summed E-state index contributed by atoms with van der Waals surface area (Å²) in [5.74, 6) is 0.831. The molecule has 2 rings (SSSR count). The lowest BCUT2D eigenvalue weighted by molar-refractivity contribution is 0.266. The number of benzene rings is 1. The van der Waals surface area contributed by atoms with E-state index in [-0.39, 0.29) is 6.10 Å². The average Bonchev–Trinajstić information content (AvgIpc) is 3.15. The molecule has 0 aliphatic heterocycles. The Balaban J connectivity index is 2.08. The van der Waals surface area contributed by atoms with E-state index in [2.05, 4.69) is 55.9 Å². The minimum atomic E-state index is -0.00645.